The highest BCUT2D eigenvalue weighted by Crippen LogP contribution is 2.38. The molecule has 1 unspecified atom stereocenters. The van der Waals surface area contributed by atoms with E-state index in [-0.39, 0.29) is 13.2 Å². The molecule has 1 aliphatic heterocycles. The van der Waals surface area contributed by atoms with Crippen molar-refractivity contribution in [2.75, 3.05) is 13.2 Å². The summed E-state index contributed by atoms with van der Waals surface area (Å²) in [5.41, 5.74) is 7.01. The first kappa shape index (κ1) is 31.0. The molecule has 3 heterocycles. The number of nitrogens with zero attached hydrogens (tertiary/aromatic N) is 4. The van der Waals surface area contributed by atoms with Crippen molar-refractivity contribution in [1.82, 2.24) is 25.3 Å². The fourth-order valence-corrected chi connectivity index (χ4v) is 5.71. The number of para-hydroxylation sites is 1. The zero-order chi connectivity index (χ0) is 32.6. The lowest BCUT2D eigenvalue weighted by molar-refractivity contribution is -0.139. The van der Waals surface area contributed by atoms with Crippen molar-refractivity contribution < 1.29 is 19.1 Å². The fraction of sp³-hybridized carbons (Fsp3) is 0.184. The van der Waals surface area contributed by atoms with Gasteiger partial charge in [0.15, 0.2) is 6.61 Å². The number of hydrogen-bond donors (Lipinski definition) is 1. The summed E-state index contributed by atoms with van der Waals surface area (Å²) in [5.74, 6) is 4.21. The molecule has 9 heteroatoms. The Morgan fingerprint density at radius 3 is 2.43 bits per heavy atom. The van der Waals surface area contributed by atoms with Crippen LogP contribution < -0.4 is 5.32 Å². The Balaban J connectivity index is 1.35. The highest BCUT2D eigenvalue weighted by Gasteiger charge is 2.38. The number of aromatic nitrogens is 4. The summed E-state index contributed by atoms with van der Waals surface area (Å²) in [7, 11) is 0. The molecule has 9 nitrogen and oxygen atoms in total. The number of benzene rings is 3. The Hall–Kier alpha value is -6.01. The van der Waals surface area contributed by atoms with Crippen molar-refractivity contribution in [3.8, 4) is 17.5 Å². The standard InChI is InChI=1S/C38H33N5O4/c1-3-46-38(45)35-31(22-17-27-11-5-4-6-12-27)34(37(44)47-24-10-14-28-13-9-23-39-25-28)26(2)40-36(35)29-18-20-30(21-19-29)43-33-16-8-7-15-32(33)41-42-43/h4-9,11-13,15-16,18-21,23,25,31,40H,3,17,22,24H2,1-2H3. The van der Waals surface area contributed by atoms with Crippen molar-refractivity contribution in [2.24, 2.45) is 5.92 Å². The van der Waals surface area contributed by atoms with Gasteiger partial charge in [0, 0.05) is 29.6 Å². The van der Waals surface area contributed by atoms with E-state index in [2.05, 4.69) is 32.5 Å². The van der Waals surface area contributed by atoms with E-state index in [1.54, 1.807) is 30.1 Å². The molecule has 0 fully saturated rings. The van der Waals surface area contributed by atoms with Gasteiger partial charge in [-0.25, -0.2) is 14.3 Å². The summed E-state index contributed by atoms with van der Waals surface area (Å²) in [6.45, 7) is 3.67. The van der Waals surface area contributed by atoms with Gasteiger partial charge in [-0.3, -0.25) is 4.98 Å². The van der Waals surface area contributed by atoms with Crippen molar-refractivity contribution in [1.29, 1.82) is 0 Å². The molecule has 1 aliphatic rings. The second-order valence-corrected chi connectivity index (χ2v) is 10.9. The third kappa shape index (κ3) is 6.97. The van der Waals surface area contributed by atoms with Crippen LogP contribution in [0.2, 0.25) is 0 Å². The van der Waals surface area contributed by atoms with E-state index in [1.807, 2.05) is 91.9 Å². The van der Waals surface area contributed by atoms with E-state index < -0.39 is 17.9 Å². The van der Waals surface area contributed by atoms with Gasteiger partial charge in [0.25, 0.3) is 0 Å². The lowest BCUT2D eigenvalue weighted by atomic mass is 9.80. The van der Waals surface area contributed by atoms with Crippen LogP contribution in [0.5, 0.6) is 0 Å². The van der Waals surface area contributed by atoms with Crippen LogP contribution in [0.25, 0.3) is 22.4 Å². The normalized spacial score (nSPS) is 14.3. The highest BCUT2D eigenvalue weighted by molar-refractivity contribution is 6.03. The minimum absolute atomic E-state index is 0.111. The molecule has 1 atom stereocenters. The predicted molar refractivity (Wildman–Crippen MR) is 179 cm³/mol. The van der Waals surface area contributed by atoms with Crippen LogP contribution in [0.15, 0.2) is 120 Å². The number of nitrogens with one attached hydrogen (secondary N) is 1. The topological polar surface area (TPSA) is 108 Å². The van der Waals surface area contributed by atoms with Crippen molar-refractivity contribution in [2.45, 2.75) is 26.7 Å². The number of esters is 2. The molecular formula is C38H33N5O4. The number of rotatable bonds is 9. The van der Waals surface area contributed by atoms with Gasteiger partial charge in [-0.1, -0.05) is 71.7 Å². The first-order valence-electron chi connectivity index (χ1n) is 15.4. The number of ether oxygens (including phenoxy) is 2. The molecule has 0 spiro atoms. The second kappa shape index (κ2) is 14.4. The maximum absolute atomic E-state index is 13.8. The van der Waals surface area contributed by atoms with E-state index in [9.17, 15) is 9.59 Å². The van der Waals surface area contributed by atoms with Crippen molar-refractivity contribution in [3.05, 3.63) is 137 Å². The monoisotopic (exact) mass is 623 g/mol. The number of dihydropyridines is 1. The molecule has 0 amide bonds. The highest BCUT2D eigenvalue weighted by atomic mass is 16.5. The zero-order valence-electron chi connectivity index (χ0n) is 26.1. The smallest absolute Gasteiger partial charge is 0.337 e. The molecular weight excluding hydrogens is 590 g/mol. The van der Waals surface area contributed by atoms with Gasteiger partial charge < -0.3 is 14.8 Å². The van der Waals surface area contributed by atoms with Crippen LogP contribution in [0, 0.1) is 17.8 Å². The lowest BCUT2D eigenvalue weighted by Gasteiger charge is -2.31. The molecule has 1 N–H and O–H groups in total. The summed E-state index contributed by atoms with van der Waals surface area (Å²) in [6, 6.07) is 29.0. The van der Waals surface area contributed by atoms with Crippen LogP contribution in [0.3, 0.4) is 0 Å². The van der Waals surface area contributed by atoms with Crippen molar-refractivity contribution >= 4 is 28.7 Å². The van der Waals surface area contributed by atoms with Gasteiger partial charge in [-0.05, 0) is 74.2 Å². The number of fused-ring (bicyclic) bond motifs is 1. The van der Waals surface area contributed by atoms with Gasteiger partial charge in [-0.2, -0.15) is 0 Å². The molecule has 0 bridgehead atoms. The van der Waals surface area contributed by atoms with Gasteiger partial charge in [0.2, 0.25) is 0 Å². The van der Waals surface area contributed by atoms with Gasteiger partial charge in [-0.15, -0.1) is 5.10 Å². The quantitative estimate of drug-likeness (QED) is 0.162. The average molecular weight is 624 g/mol. The van der Waals surface area contributed by atoms with E-state index in [0.29, 0.717) is 35.4 Å². The summed E-state index contributed by atoms with van der Waals surface area (Å²) in [4.78, 5) is 31.5. The molecule has 0 saturated heterocycles. The van der Waals surface area contributed by atoms with Crippen LogP contribution >= 0.6 is 0 Å². The molecule has 234 valence electrons. The third-order valence-electron chi connectivity index (χ3n) is 7.88. The van der Waals surface area contributed by atoms with Crippen LogP contribution in [-0.4, -0.2) is 45.1 Å². The molecule has 0 radical (unpaired) electrons. The van der Waals surface area contributed by atoms with Gasteiger partial charge in [0.05, 0.1) is 34.7 Å². The Kier molecular flexibility index (Phi) is 9.49. The molecule has 6 rings (SSSR count). The van der Waals surface area contributed by atoms with Crippen molar-refractivity contribution in [3.63, 3.8) is 0 Å². The molecule has 5 aromatic rings. The second-order valence-electron chi connectivity index (χ2n) is 10.9. The number of carbonyl (C=O) groups excluding carboxylic acids is 2. The number of pyridine rings is 1. The summed E-state index contributed by atoms with van der Waals surface area (Å²) < 4.78 is 13.0. The minimum atomic E-state index is -0.594. The summed E-state index contributed by atoms with van der Waals surface area (Å²) >= 11 is 0. The maximum atomic E-state index is 13.8. The number of carbonyl (C=O) groups is 2. The maximum Gasteiger partial charge on any atom is 0.337 e. The van der Waals surface area contributed by atoms with Crippen LogP contribution in [-0.2, 0) is 25.5 Å². The molecule has 3 aromatic carbocycles. The summed E-state index contributed by atoms with van der Waals surface area (Å²) in [6.07, 6.45) is 4.42. The Labute approximate surface area is 272 Å². The van der Waals surface area contributed by atoms with E-state index in [1.165, 1.54) is 0 Å². The first-order valence-corrected chi connectivity index (χ1v) is 15.4. The number of allylic oxidation sites excluding steroid dienone is 1. The molecule has 0 saturated carbocycles. The van der Waals surface area contributed by atoms with E-state index >= 15 is 0 Å². The minimum Gasteiger partial charge on any atom is -0.463 e. The lowest BCUT2D eigenvalue weighted by Crippen LogP contribution is -2.34. The molecule has 2 aromatic heterocycles. The predicted octanol–water partition coefficient (Wildman–Crippen LogP) is 5.81. The fourth-order valence-electron chi connectivity index (χ4n) is 5.71. The third-order valence-corrected chi connectivity index (χ3v) is 7.88. The first-order chi connectivity index (χ1) is 23.0. The SMILES string of the molecule is CCOC(=O)C1=C(c2ccc(-n3nnc4ccccc43)cc2)NC(C)=C(C(=O)OCC#Cc2cccnc2)C1CCc1ccccc1. The Morgan fingerprint density at radius 1 is 0.894 bits per heavy atom. The Bertz CT molecular complexity index is 2020. The summed E-state index contributed by atoms with van der Waals surface area (Å²) in [5, 5.41) is 11.9. The molecule has 0 aliphatic carbocycles. The number of aryl methyl sites for hydroxylation is 1. The van der Waals surface area contributed by atoms with Gasteiger partial charge >= 0.3 is 11.9 Å². The molecule has 47 heavy (non-hydrogen) atoms. The van der Waals surface area contributed by atoms with E-state index in [4.69, 9.17) is 9.47 Å². The zero-order valence-corrected chi connectivity index (χ0v) is 26.1. The number of hydrogen-bond acceptors (Lipinski definition) is 8. The average Bonchev–Trinajstić information content (AvgIpc) is 3.54. The largest absolute Gasteiger partial charge is 0.463 e. The van der Waals surface area contributed by atoms with Gasteiger partial charge in [0.1, 0.15) is 5.52 Å². The van der Waals surface area contributed by atoms with E-state index in [0.717, 1.165) is 33.4 Å². The van der Waals surface area contributed by atoms with Crippen LogP contribution in [0.1, 0.15) is 37.0 Å². The Morgan fingerprint density at radius 2 is 1.66 bits per heavy atom. The van der Waals surface area contributed by atoms with Crippen LogP contribution in [0.4, 0.5) is 0 Å².